The minimum absolute atomic E-state index is 0.0154. The fourth-order valence-electron chi connectivity index (χ4n) is 4.27. The van der Waals surface area contributed by atoms with E-state index in [0.717, 1.165) is 32.9 Å². The summed E-state index contributed by atoms with van der Waals surface area (Å²) in [4.78, 5) is 6.82. The molecule has 4 rings (SSSR count). The molecule has 1 fully saturated rings. The molecule has 0 spiro atoms. The molecular weight excluding hydrogens is 416 g/mol. The Morgan fingerprint density at radius 3 is 2.70 bits per heavy atom. The molecule has 0 amide bonds. The van der Waals surface area contributed by atoms with Crippen LogP contribution in [-0.4, -0.2) is 39.8 Å². The van der Waals surface area contributed by atoms with Crippen LogP contribution in [-0.2, 0) is 4.74 Å². The largest absolute Gasteiger partial charge is 0.383 e. The summed E-state index contributed by atoms with van der Waals surface area (Å²) >= 11 is 12.0. The van der Waals surface area contributed by atoms with Crippen molar-refractivity contribution in [1.82, 2.24) is 19.8 Å². The molecule has 1 aromatic carbocycles. The number of rotatable bonds is 6. The second-order valence-electron chi connectivity index (χ2n) is 7.45. The highest BCUT2D eigenvalue weighted by Crippen LogP contribution is 2.41. The van der Waals surface area contributed by atoms with Crippen LogP contribution < -0.4 is 5.32 Å². The van der Waals surface area contributed by atoms with Gasteiger partial charge in [0.2, 0.25) is 0 Å². The lowest BCUT2D eigenvalue weighted by Gasteiger charge is -2.28. The summed E-state index contributed by atoms with van der Waals surface area (Å²) in [6.07, 6.45) is 1.82. The zero-order valence-corrected chi connectivity index (χ0v) is 18.9. The predicted molar refractivity (Wildman–Crippen MR) is 124 cm³/mol. The van der Waals surface area contributed by atoms with Gasteiger partial charge in [-0.2, -0.15) is 0 Å². The van der Waals surface area contributed by atoms with Crippen molar-refractivity contribution in [2.45, 2.75) is 25.9 Å². The summed E-state index contributed by atoms with van der Waals surface area (Å²) in [5.41, 5.74) is 5.54. The number of hydrogen-bond acceptors (Lipinski definition) is 3. The van der Waals surface area contributed by atoms with Crippen LogP contribution >= 0.6 is 23.8 Å². The Bertz CT molecular complexity index is 1050. The molecule has 2 aromatic heterocycles. The smallest absolute Gasteiger partial charge is 0.170 e. The van der Waals surface area contributed by atoms with Gasteiger partial charge in [-0.15, -0.1) is 0 Å². The molecule has 1 aliphatic heterocycles. The number of nitrogens with one attached hydrogen (secondary N) is 1. The van der Waals surface area contributed by atoms with Crippen LogP contribution in [0.25, 0.3) is 5.69 Å². The van der Waals surface area contributed by atoms with Gasteiger partial charge in [-0.05, 0) is 68.0 Å². The van der Waals surface area contributed by atoms with E-state index in [1.54, 1.807) is 7.11 Å². The van der Waals surface area contributed by atoms with Crippen LogP contribution in [0, 0.1) is 13.8 Å². The van der Waals surface area contributed by atoms with Gasteiger partial charge < -0.3 is 19.5 Å². The van der Waals surface area contributed by atoms with E-state index < -0.39 is 0 Å². The third-order valence-electron chi connectivity index (χ3n) is 5.59. The zero-order valence-electron chi connectivity index (χ0n) is 17.3. The average Bonchev–Trinajstić information content (AvgIpc) is 3.22. The molecule has 0 aliphatic carbocycles. The van der Waals surface area contributed by atoms with Gasteiger partial charge in [0.05, 0.1) is 24.4 Å². The molecule has 3 aromatic rings. The van der Waals surface area contributed by atoms with Gasteiger partial charge in [0, 0.05) is 41.9 Å². The van der Waals surface area contributed by atoms with Gasteiger partial charge >= 0.3 is 0 Å². The average molecular weight is 441 g/mol. The summed E-state index contributed by atoms with van der Waals surface area (Å²) in [7, 11) is 1.71. The number of halogens is 1. The van der Waals surface area contributed by atoms with Crippen molar-refractivity contribution in [1.29, 1.82) is 0 Å². The molecule has 1 aliphatic rings. The van der Waals surface area contributed by atoms with Crippen molar-refractivity contribution in [3.05, 3.63) is 82.4 Å². The Morgan fingerprint density at radius 2 is 2.00 bits per heavy atom. The monoisotopic (exact) mass is 440 g/mol. The molecule has 0 saturated carbocycles. The zero-order chi connectivity index (χ0) is 21.3. The fourth-order valence-corrected chi connectivity index (χ4v) is 4.79. The Morgan fingerprint density at radius 1 is 1.17 bits per heavy atom. The Kier molecular flexibility index (Phi) is 6.09. The molecule has 1 saturated heterocycles. The number of pyridine rings is 1. The molecule has 5 nitrogen and oxygen atoms in total. The first kappa shape index (κ1) is 20.8. The van der Waals surface area contributed by atoms with Crippen LogP contribution in [0.2, 0.25) is 5.02 Å². The van der Waals surface area contributed by atoms with Crippen molar-refractivity contribution in [2.24, 2.45) is 0 Å². The number of aromatic nitrogens is 2. The molecule has 2 unspecified atom stereocenters. The number of nitrogens with zero attached hydrogens (tertiary/aromatic N) is 3. The van der Waals surface area contributed by atoms with Crippen molar-refractivity contribution >= 4 is 28.9 Å². The second kappa shape index (κ2) is 8.76. The summed E-state index contributed by atoms with van der Waals surface area (Å²) < 4.78 is 7.60. The Labute approximate surface area is 187 Å². The van der Waals surface area contributed by atoms with Crippen LogP contribution in [0.3, 0.4) is 0 Å². The topological polar surface area (TPSA) is 42.3 Å². The van der Waals surface area contributed by atoms with Crippen molar-refractivity contribution < 1.29 is 4.74 Å². The summed E-state index contributed by atoms with van der Waals surface area (Å²) in [5.74, 6) is 0. The Hall–Kier alpha value is -2.41. The van der Waals surface area contributed by atoms with E-state index in [4.69, 9.17) is 28.6 Å². The molecule has 0 radical (unpaired) electrons. The lowest BCUT2D eigenvalue weighted by molar-refractivity contribution is 0.164. The van der Waals surface area contributed by atoms with E-state index in [1.165, 1.54) is 5.56 Å². The predicted octanol–water partition coefficient (Wildman–Crippen LogP) is 4.76. The second-order valence-corrected chi connectivity index (χ2v) is 8.28. The third kappa shape index (κ3) is 3.83. The molecule has 156 valence electrons. The van der Waals surface area contributed by atoms with E-state index in [9.17, 15) is 0 Å². The molecule has 1 N–H and O–H groups in total. The highest BCUT2D eigenvalue weighted by molar-refractivity contribution is 7.80. The number of aryl methyl sites for hydroxylation is 1. The van der Waals surface area contributed by atoms with E-state index >= 15 is 0 Å². The maximum absolute atomic E-state index is 6.27. The number of benzene rings is 1. The maximum Gasteiger partial charge on any atom is 0.170 e. The first-order valence-electron chi connectivity index (χ1n) is 9.93. The van der Waals surface area contributed by atoms with Crippen molar-refractivity contribution in [3.63, 3.8) is 0 Å². The minimum atomic E-state index is -0.0381. The number of thiocarbonyl (C=S) groups is 1. The van der Waals surface area contributed by atoms with Gasteiger partial charge in [0.1, 0.15) is 0 Å². The molecule has 2 atom stereocenters. The molecular formula is C23H25ClN4OS. The van der Waals surface area contributed by atoms with E-state index in [-0.39, 0.29) is 12.1 Å². The standard InChI is InChI=1S/C23H25ClN4OS/c1-15-13-19(16(2)28(15)18-8-6-7-17(24)14-18)22-21(20-9-4-5-10-25-20)26-23(30)27(22)11-12-29-3/h4-10,13-14,21-22H,11-12H2,1-3H3,(H,26,30). The minimum Gasteiger partial charge on any atom is -0.383 e. The van der Waals surface area contributed by atoms with Gasteiger partial charge in [-0.25, -0.2) is 0 Å². The third-order valence-corrected chi connectivity index (χ3v) is 6.18. The van der Waals surface area contributed by atoms with Crippen molar-refractivity contribution in [2.75, 3.05) is 20.3 Å². The highest BCUT2D eigenvalue weighted by Gasteiger charge is 2.41. The van der Waals surface area contributed by atoms with E-state index in [2.05, 4.69) is 45.7 Å². The number of methoxy groups -OCH3 is 1. The number of hydrogen-bond donors (Lipinski definition) is 1. The first-order chi connectivity index (χ1) is 14.5. The number of ether oxygens (including phenoxy) is 1. The quantitative estimate of drug-likeness (QED) is 0.559. The van der Waals surface area contributed by atoms with Gasteiger partial charge in [-0.1, -0.05) is 23.7 Å². The summed E-state index contributed by atoms with van der Waals surface area (Å²) in [6.45, 7) is 5.57. The lowest BCUT2D eigenvalue weighted by Crippen LogP contribution is -2.32. The van der Waals surface area contributed by atoms with Crippen LogP contribution in [0.4, 0.5) is 0 Å². The molecule has 3 heterocycles. The van der Waals surface area contributed by atoms with Crippen LogP contribution in [0.15, 0.2) is 54.7 Å². The SMILES string of the molecule is COCCN1C(=S)NC(c2ccccn2)C1c1cc(C)n(-c2cccc(Cl)c2)c1C. The molecule has 7 heteroatoms. The normalized spacial score (nSPS) is 18.7. The van der Waals surface area contributed by atoms with Crippen LogP contribution in [0.1, 0.15) is 34.7 Å². The van der Waals surface area contributed by atoms with Gasteiger partial charge in [-0.3, -0.25) is 4.98 Å². The Balaban J connectivity index is 1.82. The molecule has 30 heavy (non-hydrogen) atoms. The fraction of sp³-hybridized carbons (Fsp3) is 0.304. The molecule has 0 bridgehead atoms. The summed E-state index contributed by atoms with van der Waals surface area (Å²) in [6, 6.07) is 16.1. The van der Waals surface area contributed by atoms with Crippen LogP contribution in [0.5, 0.6) is 0 Å². The maximum atomic E-state index is 6.27. The lowest BCUT2D eigenvalue weighted by atomic mass is 9.97. The van der Waals surface area contributed by atoms with Crippen molar-refractivity contribution in [3.8, 4) is 5.69 Å². The van der Waals surface area contributed by atoms with Gasteiger partial charge in [0.15, 0.2) is 5.11 Å². The van der Waals surface area contributed by atoms with E-state index in [0.29, 0.717) is 13.2 Å². The highest BCUT2D eigenvalue weighted by atomic mass is 35.5. The van der Waals surface area contributed by atoms with E-state index in [1.807, 2.05) is 42.6 Å². The van der Waals surface area contributed by atoms with Gasteiger partial charge in [0.25, 0.3) is 0 Å². The first-order valence-corrected chi connectivity index (χ1v) is 10.7. The summed E-state index contributed by atoms with van der Waals surface area (Å²) in [5, 5.41) is 4.93.